The van der Waals surface area contributed by atoms with E-state index in [9.17, 15) is 5.11 Å². The third kappa shape index (κ3) is 3.31. The molecule has 14 heavy (non-hydrogen) atoms. The highest BCUT2D eigenvalue weighted by Crippen LogP contribution is 2.24. The molecule has 0 aromatic carbocycles. The average Bonchev–Trinajstić information content (AvgIpc) is 2.18. The van der Waals surface area contributed by atoms with Gasteiger partial charge >= 0.3 is 0 Å². The highest BCUT2D eigenvalue weighted by atomic mass is 16.6. The molecule has 3 heteroatoms. The zero-order valence-corrected chi connectivity index (χ0v) is 9.36. The van der Waals surface area contributed by atoms with Crippen LogP contribution in [0.5, 0.6) is 0 Å². The third-order valence-corrected chi connectivity index (χ3v) is 2.84. The summed E-state index contributed by atoms with van der Waals surface area (Å²) in [5.41, 5.74) is 1.33. The van der Waals surface area contributed by atoms with Crippen molar-refractivity contribution in [1.29, 1.82) is 0 Å². The minimum absolute atomic E-state index is 0.552. The average molecular weight is 199 g/mol. The van der Waals surface area contributed by atoms with Crippen LogP contribution in [0.3, 0.4) is 0 Å². The lowest BCUT2D eigenvalue weighted by molar-refractivity contribution is -0.0842. The molecule has 0 saturated carbocycles. The topological polar surface area (TPSA) is 32.7 Å². The van der Waals surface area contributed by atoms with E-state index in [0.717, 1.165) is 18.8 Å². The van der Waals surface area contributed by atoms with Crippen LogP contribution >= 0.6 is 0 Å². The fraction of sp³-hybridized carbons (Fsp3) is 0.818. The summed E-state index contributed by atoms with van der Waals surface area (Å²) in [6, 6.07) is 0. The van der Waals surface area contributed by atoms with Crippen LogP contribution < -0.4 is 0 Å². The number of nitrogens with zero attached hydrogens (tertiary/aromatic N) is 1. The summed E-state index contributed by atoms with van der Waals surface area (Å²) in [4.78, 5) is 2.08. The molecule has 2 atom stereocenters. The molecule has 0 heterocycles. The summed E-state index contributed by atoms with van der Waals surface area (Å²) in [5.74, 6) is 0.805. The standard InChI is InChI=1S/C11H21NO2/c1-9-4-6-10(7-5-9)12(2)8-11(13)14-3/h6,9,11,13H,4-5,7-8H2,1-3H3. The summed E-state index contributed by atoms with van der Waals surface area (Å²) < 4.78 is 4.82. The van der Waals surface area contributed by atoms with E-state index in [-0.39, 0.29) is 0 Å². The first-order valence-electron chi connectivity index (χ1n) is 5.24. The first kappa shape index (κ1) is 11.5. The number of allylic oxidation sites excluding steroid dienone is 2. The van der Waals surface area contributed by atoms with Gasteiger partial charge in [-0.1, -0.05) is 13.0 Å². The number of aliphatic hydroxyl groups excluding tert-OH is 1. The number of methoxy groups -OCH3 is 1. The largest absolute Gasteiger partial charge is 0.373 e. The Labute approximate surface area is 86.4 Å². The summed E-state index contributed by atoms with van der Waals surface area (Å²) in [7, 11) is 3.53. The van der Waals surface area contributed by atoms with Crippen LogP contribution in [0.2, 0.25) is 0 Å². The van der Waals surface area contributed by atoms with Crippen molar-refractivity contribution in [3.8, 4) is 0 Å². The fourth-order valence-corrected chi connectivity index (χ4v) is 1.72. The molecule has 1 aliphatic rings. The predicted molar refractivity (Wildman–Crippen MR) is 56.7 cm³/mol. The smallest absolute Gasteiger partial charge is 0.171 e. The number of hydrogen-bond acceptors (Lipinski definition) is 3. The molecular weight excluding hydrogens is 178 g/mol. The van der Waals surface area contributed by atoms with Gasteiger partial charge in [-0.05, 0) is 25.2 Å². The van der Waals surface area contributed by atoms with E-state index in [1.807, 2.05) is 7.05 Å². The molecule has 0 amide bonds. The summed E-state index contributed by atoms with van der Waals surface area (Å²) in [5, 5.41) is 9.32. The van der Waals surface area contributed by atoms with E-state index < -0.39 is 6.29 Å². The molecule has 0 aromatic heterocycles. The van der Waals surface area contributed by atoms with Gasteiger partial charge < -0.3 is 14.7 Å². The monoisotopic (exact) mass is 199 g/mol. The van der Waals surface area contributed by atoms with Crippen molar-refractivity contribution in [2.75, 3.05) is 20.7 Å². The second-order valence-electron chi connectivity index (χ2n) is 4.15. The van der Waals surface area contributed by atoms with E-state index in [1.165, 1.54) is 19.2 Å². The van der Waals surface area contributed by atoms with E-state index in [4.69, 9.17) is 4.74 Å². The Balaban J connectivity index is 2.40. The van der Waals surface area contributed by atoms with Crippen molar-refractivity contribution in [3.05, 3.63) is 11.8 Å². The summed E-state index contributed by atoms with van der Waals surface area (Å²) >= 11 is 0. The fourth-order valence-electron chi connectivity index (χ4n) is 1.72. The molecular formula is C11H21NO2. The van der Waals surface area contributed by atoms with Crippen molar-refractivity contribution >= 4 is 0 Å². The van der Waals surface area contributed by atoms with Crippen LogP contribution in [0, 0.1) is 5.92 Å². The lowest BCUT2D eigenvalue weighted by Gasteiger charge is -2.28. The highest BCUT2D eigenvalue weighted by molar-refractivity contribution is 5.04. The van der Waals surface area contributed by atoms with Gasteiger partial charge in [-0.15, -0.1) is 0 Å². The third-order valence-electron chi connectivity index (χ3n) is 2.84. The first-order valence-corrected chi connectivity index (χ1v) is 5.24. The Bertz CT molecular complexity index is 203. The molecule has 2 unspecified atom stereocenters. The van der Waals surface area contributed by atoms with E-state index >= 15 is 0 Å². The molecule has 0 aromatic rings. The lowest BCUT2D eigenvalue weighted by Crippen LogP contribution is -2.30. The Kier molecular flexibility index (Phi) is 4.42. The first-order chi connectivity index (χ1) is 6.63. The van der Waals surface area contributed by atoms with Crippen molar-refractivity contribution < 1.29 is 9.84 Å². The number of ether oxygens (including phenoxy) is 1. The molecule has 0 aliphatic heterocycles. The zero-order valence-electron chi connectivity index (χ0n) is 9.36. The van der Waals surface area contributed by atoms with Gasteiger partial charge in [0.25, 0.3) is 0 Å². The van der Waals surface area contributed by atoms with E-state index in [1.54, 1.807) is 0 Å². The molecule has 1 rings (SSSR count). The number of hydrogen-bond donors (Lipinski definition) is 1. The molecule has 1 aliphatic carbocycles. The molecule has 0 spiro atoms. The predicted octanol–water partition coefficient (Wildman–Crippen LogP) is 1.59. The molecule has 0 bridgehead atoms. The van der Waals surface area contributed by atoms with Crippen LogP contribution in [0.1, 0.15) is 26.2 Å². The maximum absolute atomic E-state index is 9.32. The van der Waals surface area contributed by atoms with E-state index in [2.05, 4.69) is 17.9 Å². The van der Waals surface area contributed by atoms with Crippen molar-refractivity contribution in [2.24, 2.45) is 5.92 Å². The van der Waals surface area contributed by atoms with Gasteiger partial charge in [-0.3, -0.25) is 0 Å². The zero-order chi connectivity index (χ0) is 10.6. The van der Waals surface area contributed by atoms with Gasteiger partial charge in [-0.2, -0.15) is 0 Å². The number of aliphatic hydroxyl groups is 1. The van der Waals surface area contributed by atoms with Crippen LogP contribution in [-0.4, -0.2) is 37.0 Å². The van der Waals surface area contributed by atoms with Crippen LogP contribution in [0.15, 0.2) is 11.8 Å². The van der Waals surface area contributed by atoms with Gasteiger partial charge in [0.2, 0.25) is 0 Å². The number of rotatable bonds is 4. The Morgan fingerprint density at radius 1 is 1.71 bits per heavy atom. The van der Waals surface area contributed by atoms with Gasteiger partial charge in [-0.25, -0.2) is 0 Å². The maximum atomic E-state index is 9.32. The molecule has 82 valence electrons. The Morgan fingerprint density at radius 2 is 2.43 bits per heavy atom. The summed E-state index contributed by atoms with van der Waals surface area (Å²) in [6.07, 6.45) is 5.12. The highest BCUT2D eigenvalue weighted by Gasteiger charge is 2.14. The Morgan fingerprint density at radius 3 is 2.93 bits per heavy atom. The molecule has 0 fully saturated rings. The normalized spacial score (nSPS) is 24.3. The van der Waals surface area contributed by atoms with Crippen LogP contribution in [0.4, 0.5) is 0 Å². The maximum Gasteiger partial charge on any atom is 0.171 e. The second-order valence-corrected chi connectivity index (χ2v) is 4.15. The van der Waals surface area contributed by atoms with Crippen molar-refractivity contribution in [3.63, 3.8) is 0 Å². The number of likely N-dealkylation sites (N-methyl/N-ethyl adjacent to an activating group) is 1. The van der Waals surface area contributed by atoms with Crippen molar-refractivity contribution in [2.45, 2.75) is 32.5 Å². The second kappa shape index (κ2) is 5.37. The van der Waals surface area contributed by atoms with Crippen LogP contribution in [-0.2, 0) is 4.74 Å². The Hall–Kier alpha value is -0.540. The molecule has 0 saturated heterocycles. The minimum atomic E-state index is -0.680. The van der Waals surface area contributed by atoms with Gasteiger partial charge in [0.15, 0.2) is 6.29 Å². The molecule has 3 nitrogen and oxygen atoms in total. The summed E-state index contributed by atoms with van der Waals surface area (Å²) in [6.45, 7) is 2.83. The van der Waals surface area contributed by atoms with Crippen molar-refractivity contribution in [1.82, 2.24) is 4.90 Å². The molecule has 0 radical (unpaired) electrons. The van der Waals surface area contributed by atoms with E-state index in [0.29, 0.717) is 6.54 Å². The van der Waals surface area contributed by atoms with Crippen LogP contribution in [0.25, 0.3) is 0 Å². The lowest BCUT2D eigenvalue weighted by atomic mass is 9.94. The SMILES string of the molecule is COC(O)CN(C)C1=CCC(C)CC1. The minimum Gasteiger partial charge on any atom is -0.373 e. The quantitative estimate of drug-likeness (QED) is 0.698. The van der Waals surface area contributed by atoms with Gasteiger partial charge in [0.1, 0.15) is 0 Å². The molecule has 1 N–H and O–H groups in total. The van der Waals surface area contributed by atoms with Gasteiger partial charge in [0, 0.05) is 19.9 Å². The van der Waals surface area contributed by atoms with Gasteiger partial charge in [0.05, 0.1) is 6.54 Å².